The number of benzene rings is 2. The highest BCUT2D eigenvalue weighted by atomic mass is 79.9. The van der Waals surface area contributed by atoms with E-state index >= 15 is 0 Å². The topological polar surface area (TPSA) is 41.1 Å². The van der Waals surface area contributed by atoms with Gasteiger partial charge in [-0.25, -0.2) is 0 Å². The Bertz CT molecular complexity index is 654. The highest BCUT2D eigenvalue weighted by Crippen LogP contribution is 2.38. The Morgan fingerprint density at radius 2 is 1.95 bits per heavy atom. The maximum atomic E-state index is 12.1. The number of hydrogen-bond acceptors (Lipinski definition) is 2. The van der Waals surface area contributed by atoms with Crippen LogP contribution in [-0.4, -0.2) is 5.91 Å². The molecule has 0 spiro atoms. The van der Waals surface area contributed by atoms with Crippen molar-refractivity contribution >= 4 is 33.2 Å². The van der Waals surface area contributed by atoms with E-state index in [-0.39, 0.29) is 11.9 Å². The Kier molecular flexibility index (Phi) is 3.03. The average Bonchev–Trinajstić information content (AvgIpc) is 2.70. The van der Waals surface area contributed by atoms with Gasteiger partial charge in [-0.3, -0.25) is 4.79 Å². The van der Waals surface area contributed by atoms with Crippen LogP contribution in [0.5, 0.6) is 0 Å². The fraction of sp³-hybridized carbons (Fsp3) is 0.133. The predicted octanol–water partition coefficient (Wildman–Crippen LogP) is 3.86. The highest BCUT2D eigenvalue weighted by molar-refractivity contribution is 9.10. The van der Waals surface area contributed by atoms with Crippen molar-refractivity contribution in [3.8, 4) is 0 Å². The van der Waals surface area contributed by atoms with Gasteiger partial charge in [-0.15, -0.1) is 0 Å². The molecule has 19 heavy (non-hydrogen) atoms. The monoisotopic (exact) mass is 316 g/mol. The fourth-order valence-corrected chi connectivity index (χ4v) is 2.90. The molecule has 0 saturated carbocycles. The van der Waals surface area contributed by atoms with E-state index in [4.69, 9.17) is 0 Å². The van der Waals surface area contributed by atoms with Crippen LogP contribution in [0.1, 0.15) is 17.2 Å². The van der Waals surface area contributed by atoms with Crippen LogP contribution >= 0.6 is 15.9 Å². The lowest BCUT2D eigenvalue weighted by Crippen LogP contribution is -2.20. The zero-order valence-electron chi connectivity index (χ0n) is 10.4. The van der Waals surface area contributed by atoms with Gasteiger partial charge in [0.05, 0.1) is 0 Å². The number of halogens is 1. The molecule has 0 radical (unpaired) electrons. The summed E-state index contributed by atoms with van der Waals surface area (Å²) in [5, 5.41) is 6.21. The zero-order valence-corrected chi connectivity index (χ0v) is 12.0. The zero-order chi connectivity index (χ0) is 13.4. The SMILES string of the molecule is Cc1ccccc1NC1C(=O)Nc2cccc(Br)c21. The van der Waals surface area contributed by atoms with E-state index in [1.165, 1.54) is 0 Å². The molecule has 2 N–H and O–H groups in total. The number of hydrogen-bond donors (Lipinski definition) is 2. The Labute approximate surface area is 120 Å². The number of rotatable bonds is 2. The van der Waals surface area contributed by atoms with Crippen LogP contribution in [0.25, 0.3) is 0 Å². The van der Waals surface area contributed by atoms with Crippen LogP contribution in [0.4, 0.5) is 11.4 Å². The molecule has 1 aliphatic rings. The maximum Gasteiger partial charge on any atom is 0.251 e. The van der Waals surface area contributed by atoms with E-state index < -0.39 is 0 Å². The summed E-state index contributed by atoms with van der Waals surface area (Å²) < 4.78 is 0.939. The average molecular weight is 317 g/mol. The number of amides is 1. The summed E-state index contributed by atoms with van der Waals surface area (Å²) in [5.41, 5.74) is 3.93. The predicted molar refractivity (Wildman–Crippen MR) is 80.3 cm³/mol. The smallest absolute Gasteiger partial charge is 0.251 e. The van der Waals surface area contributed by atoms with Gasteiger partial charge in [0, 0.05) is 21.4 Å². The molecular formula is C15H13BrN2O. The van der Waals surface area contributed by atoms with E-state index in [9.17, 15) is 4.79 Å². The third kappa shape index (κ3) is 2.12. The molecule has 4 heteroatoms. The van der Waals surface area contributed by atoms with Crippen molar-refractivity contribution in [2.45, 2.75) is 13.0 Å². The van der Waals surface area contributed by atoms with Crippen molar-refractivity contribution in [1.29, 1.82) is 0 Å². The van der Waals surface area contributed by atoms with Crippen molar-refractivity contribution in [3.63, 3.8) is 0 Å². The molecule has 1 atom stereocenters. The van der Waals surface area contributed by atoms with Crippen LogP contribution in [0.15, 0.2) is 46.9 Å². The summed E-state index contributed by atoms with van der Waals surface area (Å²) in [5.74, 6) is -0.0230. The van der Waals surface area contributed by atoms with E-state index in [0.717, 1.165) is 27.0 Å². The van der Waals surface area contributed by atoms with Gasteiger partial charge in [0.2, 0.25) is 0 Å². The van der Waals surface area contributed by atoms with E-state index in [1.807, 2.05) is 49.4 Å². The van der Waals surface area contributed by atoms with Gasteiger partial charge in [0.25, 0.3) is 5.91 Å². The molecule has 0 aromatic heterocycles. The van der Waals surface area contributed by atoms with Crippen molar-refractivity contribution in [2.75, 3.05) is 10.6 Å². The first-order valence-electron chi connectivity index (χ1n) is 6.08. The fourth-order valence-electron chi connectivity index (χ4n) is 2.30. The van der Waals surface area contributed by atoms with Crippen LogP contribution in [0, 0.1) is 6.92 Å². The molecule has 0 bridgehead atoms. The normalized spacial score (nSPS) is 16.9. The first-order valence-corrected chi connectivity index (χ1v) is 6.87. The van der Waals surface area contributed by atoms with E-state index in [0.29, 0.717) is 0 Å². The van der Waals surface area contributed by atoms with Gasteiger partial charge in [-0.1, -0.05) is 40.2 Å². The van der Waals surface area contributed by atoms with Crippen molar-refractivity contribution < 1.29 is 4.79 Å². The molecule has 1 unspecified atom stereocenters. The lowest BCUT2D eigenvalue weighted by Gasteiger charge is -2.15. The molecule has 1 aliphatic heterocycles. The van der Waals surface area contributed by atoms with Gasteiger partial charge < -0.3 is 10.6 Å². The summed E-state index contributed by atoms with van der Waals surface area (Å²) in [4.78, 5) is 12.1. The summed E-state index contributed by atoms with van der Waals surface area (Å²) in [6, 6.07) is 13.4. The first kappa shape index (κ1) is 12.2. The van der Waals surface area contributed by atoms with Gasteiger partial charge >= 0.3 is 0 Å². The number of nitrogens with one attached hydrogen (secondary N) is 2. The summed E-state index contributed by atoms with van der Waals surface area (Å²) in [6.07, 6.45) is 0. The minimum Gasteiger partial charge on any atom is -0.370 e. The number of carbonyl (C=O) groups is 1. The molecule has 2 aromatic rings. The minimum absolute atomic E-state index is 0.0230. The van der Waals surface area contributed by atoms with E-state index in [2.05, 4.69) is 26.6 Å². The van der Waals surface area contributed by atoms with E-state index in [1.54, 1.807) is 0 Å². The number of aryl methyl sites for hydroxylation is 1. The molecule has 96 valence electrons. The van der Waals surface area contributed by atoms with Gasteiger partial charge in [0.1, 0.15) is 6.04 Å². The van der Waals surface area contributed by atoms with Gasteiger partial charge in [-0.05, 0) is 30.7 Å². The Morgan fingerprint density at radius 3 is 2.74 bits per heavy atom. The largest absolute Gasteiger partial charge is 0.370 e. The molecule has 1 amide bonds. The van der Waals surface area contributed by atoms with Crippen molar-refractivity contribution in [1.82, 2.24) is 0 Å². The highest BCUT2D eigenvalue weighted by Gasteiger charge is 2.32. The van der Waals surface area contributed by atoms with Crippen LogP contribution in [0.2, 0.25) is 0 Å². The Morgan fingerprint density at radius 1 is 1.16 bits per heavy atom. The van der Waals surface area contributed by atoms with Gasteiger partial charge in [-0.2, -0.15) is 0 Å². The number of fused-ring (bicyclic) bond motifs is 1. The number of anilines is 2. The number of para-hydroxylation sites is 1. The number of carbonyl (C=O) groups excluding carboxylic acids is 1. The standard InChI is InChI=1S/C15H13BrN2O/c1-9-5-2-3-7-11(9)17-14-13-10(16)6-4-8-12(13)18-15(14)19/h2-8,14,17H,1H3,(H,18,19). The summed E-state index contributed by atoms with van der Waals surface area (Å²) in [6.45, 7) is 2.02. The molecule has 2 aromatic carbocycles. The molecule has 1 heterocycles. The van der Waals surface area contributed by atoms with Crippen LogP contribution < -0.4 is 10.6 Å². The molecule has 0 saturated heterocycles. The summed E-state index contributed by atoms with van der Waals surface area (Å²) in [7, 11) is 0. The lowest BCUT2D eigenvalue weighted by atomic mass is 10.1. The van der Waals surface area contributed by atoms with Crippen molar-refractivity contribution in [2.24, 2.45) is 0 Å². The molecule has 0 aliphatic carbocycles. The maximum absolute atomic E-state index is 12.1. The third-order valence-corrected chi connectivity index (χ3v) is 4.00. The second kappa shape index (κ2) is 4.70. The second-order valence-corrected chi connectivity index (χ2v) is 5.44. The second-order valence-electron chi connectivity index (χ2n) is 4.58. The summed E-state index contributed by atoms with van der Waals surface area (Å²) >= 11 is 3.51. The quantitative estimate of drug-likeness (QED) is 0.883. The first-order chi connectivity index (χ1) is 9.16. The van der Waals surface area contributed by atoms with Crippen LogP contribution in [-0.2, 0) is 4.79 Å². The molecule has 3 nitrogen and oxygen atoms in total. The molecular weight excluding hydrogens is 304 g/mol. The Hall–Kier alpha value is -1.81. The third-order valence-electron chi connectivity index (χ3n) is 3.31. The van der Waals surface area contributed by atoms with Crippen molar-refractivity contribution in [3.05, 3.63) is 58.1 Å². The van der Waals surface area contributed by atoms with Gasteiger partial charge in [0.15, 0.2) is 0 Å². The lowest BCUT2D eigenvalue weighted by molar-refractivity contribution is -0.116. The molecule has 0 fully saturated rings. The molecule has 3 rings (SSSR count). The Balaban J connectivity index is 1.99. The van der Waals surface area contributed by atoms with Crippen LogP contribution in [0.3, 0.4) is 0 Å². The minimum atomic E-state index is -0.355.